The molecule has 0 saturated carbocycles. The fourth-order valence-electron chi connectivity index (χ4n) is 1.53. The average Bonchev–Trinajstić information content (AvgIpc) is 2.17. The van der Waals surface area contributed by atoms with Crippen molar-refractivity contribution >= 4 is 0 Å². The number of methoxy groups -OCH3 is 1. The molecule has 0 unspecified atom stereocenters. The van der Waals surface area contributed by atoms with Crippen LogP contribution in [-0.2, 0) is 11.3 Å². The van der Waals surface area contributed by atoms with Gasteiger partial charge in [0.2, 0.25) is 0 Å². The molecule has 1 saturated heterocycles. The van der Waals surface area contributed by atoms with E-state index in [4.69, 9.17) is 9.47 Å². The van der Waals surface area contributed by atoms with Gasteiger partial charge in [0.1, 0.15) is 6.10 Å². The van der Waals surface area contributed by atoms with Crippen LogP contribution in [0.4, 0.5) is 0 Å². The average molecular weight is 209 g/mol. The lowest BCUT2D eigenvalue weighted by molar-refractivity contribution is 0.0315. The first-order chi connectivity index (χ1) is 7.28. The van der Waals surface area contributed by atoms with Crippen LogP contribution in [0.1, 0.15) is 5.69 Å². The van der Waals surface area contributed by atoms with Crippen molar-refractivity contribution in [3.63, 3.8) is 0 Å². The van der Waals surface area contributed by atoms with E-state index in [0.29, 0.717) is 12.6 Å². The fraction of sp³-hybridized carbons (Fsp3) is 0.600. The number of ether oxygens (including phenoxy) is 2. The molecule has 1 aromatic heterocycles. The van der Waals surface area contributed by atoms with Crippen LogP contribution in [0, 0.1) is 0 Å². The summed E-state index contributed by atoms with van der Waals surface area (Å²) in [5.41, 5.74) is 0.843. The molecule has 15 heavy (non-hydrogen) atoms. The third-order valence-electron chi connectivity index (χ3n) is 2.29. The Morgan fingerprint density at radius 2 is 2.33 bits per heavy atom. The summed E-state index contributed by atoms with van der Waals surface area (Å²) in [6.45, 7) is 2.37. The molecule has 1 aliphatic rings. The van der Waals surface area contributed by atoms with Gasteiger partial charge in [0, 0.05) is 26.4 Å². The zero-order valence-electron chi connectivity index (χ0n) is 9.01. The summed E-state index contributed by atoms with van der Waals surface area (Å²) in [5.74, 6) is 0. The van der Waals surface area contributed by atoms with Crippen LogP contribution in [0.25, 0.3) is 0 Å². The van der Waals surface area contributed by atoms with Crippen LogP contribution in [0.3, 0.4) is 0 Å². The van der Waals surface area contributed by atoms with Gasteiger partial charge >= 0.3 is 6.01 Å². The van der Waals surface area contributed by atoms with Gasteiger partial charge in [-0.25, -0.2) is 4.98 Å². The molecular weight excluding hydrogens is 194 g/mol. The zero-order chi connectivity index (χ0) is 10.7. The Morgan fingerprint density at radius 1 is 1.53 bits per heavy atom. The summed E-state index contributed by atoms with van der Waals surface area (Å²) < 4.78 is 10.6. The molecule has 1 fully saturated rings. The second kappa shape index (κ2) is 4.55. The third-order valence-corrected chi connectivity index (χ3v) is 2.29. The van der Waals surface area contributed by atoms with Gasteiger partial charge in [-0.1, -0.05) is 0 Å². The summed E-state index contributed by atoms with van der Waals surface area (Å²) in [7, 11) is 3.70. The molecule has 1 aromatic rings. The van der Waals surface area contributed by atoms with Gasteiger partial charge in [0.25, 0.3) is 0 Å². The smallest absolute Gasteiger partial charge is 0.317 e. The number of hydrogen-bond acceptors (Lipinski definition) is 5. The van der Waals surface area contributed by atoms with E-state index in [-0.39, 0.29) is 6.10 Å². The molecule has 0 radical (unpaired) electrons. The fourth-order valence-corrected chi connectivity index (χ4v) is 1.53. The highest BCUT2D eigenvalue weighted by Crippen LogP contribution is 2.12. The topological polar surface area (TPSA) is 47.5 Å². The number of likely N-dealkylation sites (N-methyl/N-ethyl adjacent to an activating group) is 1. The zero-order valence-corrected chi connectivity index (χ0v) is 9.01. The third kappa shape index (κ3) is 2.64. The molecule has 0 bridgehead atoms. The highest BCUT2D eigenvalue weighted by Gasteiger charge is 2.25. The van der Waals surface area contributed by atoms with Gasteiger partial charge in [-0.2, -0.15) is 4.98 Å². The largest absolute Gasteiger partial charge is 0.457 e. The molecule has 82 valence electrons. The van der Waals surface area contributed by atoms with Crippen molar-refractivity contribution in [1.29, 1.82) is 0 Å². The lowest BCUT2D eigenvalue weighted by Crippen LogP contribution is -2.51. The summed E-state index contributed by atoms with van der Waals surface area (Å²) in [6.07, 6.45) is 1.92. The Bertz CT molecular complexity index is 326. The van der Waals surface area contributed by atoms with Crippen LogP contribution in [-0.4, -0.2) is 48.2 Å². The van der Waals surface area contributed by atoms with Gasteiger partial charge in [-0.15, -0.1) is 0 Å². The van der Waals surface area contributed by atoms with E-state index in [0.717, 1.165) is 18.8 Å². The number of aromatic nitrogens is 2. The van der Waals surface area contributed by atoms with Crippen molar-refractivity contribution in [2.45, 2.75) is 12.7 Å². The molecule has 2 rings (SSSR count). The van der Waals surface area contributed by atoms with Crippen molar-refractivity contribution in [1.82, 2.24) is 14.9 Å². The molecule has 0 aromatic carbocycles. The van der Waals surface area contributed by atoms with E-state index in [1.807, 2.05) is 6.07 Å². The molecule has 0 spiro atoms. The second-order valence-electron chi connectivity index (χ2n) is 3.72. The molecule has 1 aliphatic heterocycles. The van der Waals surface area contributed by atoms with Gasteiger partial charge in [0.05, 0.1) is 12.3 Å². The minimum absolute atomic E-state index is 0.229. The summed E-state index contributed by atoms with van der Waals surface area (Å²) >= 11 is 0. The van der Waals surface area contributed by atoms with E-state index in [1.54, 1.807) is 13.3 Å². The van der Waals surface area contributed by atoms with Gasteiger partial charge < -0.3 is 9.47 Å². The van der Waals surface area contributed by atoms with E-state index < -0.39 is 0 Å². The van der Waals surface area contributed by atoms with Crippen LogP contribution in [0.5, 0.6) is 6.01 Å². The SMILES string of the molecule is COCc1ccnc(OC2CN(C)C2)n1. The Kier molecular flexibility index (Phi) is 3.13. The Morgan fingerprint density at radius 3 is 3.00 bits per heavy atom. The molecule has 5 heteroatoms. The molecule has 0 atom stereocenters. The number of likely N-dealkylation sites (tertiary alicyclic amines) is 1. The monoisotopic (exact) mass is 209 g/mol. The lowest BCUT2D eigenvalue weighted by Gasteiger charge is -2.35. The Labute approximate surface area is 89.0 Å². The summed E-state index contributed by atoms with van der Waals surface area (Å²) in [4.78, 5) is 10.5. The minimum Gasteiger partial charge on any atom is -0.457 e. The molecular formula is C10H15N3O2. The Balaban J connectivity index is 1.93. The van der Waals surface area contributed by atoms with Gasteiger partial charge in [-0.3, -0.25) is 4.90 Å². The normalized spacial score (nSPS) is 17.5. The van der Waals surface area contributed by atoms with E-state index >= 15 is 0 Å². The Hall–Kier alpha value is -1.20. The molecule has 2 heterocycles. The van der Waals surface area contributed by atoms with E-state index in [9.17, 15) is 0 Å². The van der Waals surface area contributed by atoms with Crippen LogP contribution >= 0.6 is 0 Å². The predicted octanol–water partition coefficient (Wildman–Crippen LogP) is 0.316. The molecule has 0 N–H and O–H groups in total. The highest BCUT2D eigenvalue weighted by molar-refractivity contribution is 5.05. The van der Waals surface area contributed by atoms with Gasteiger partial charge in [0.15, 0.2) is 0 Å². The lowest BCUT2D eigenvalue weighted by atomic mass is 10.2. The first kappa shape index (κ1) is 10.3. The molecule has 0 amide bonds. The number of rotatable bonds is 4. The summed E-state index contributed by atoms with van der Waals surface area (Å²) in [5, 5.41) is 0. The first-order valence-electron chi connectivity index (χ1n) is 4.94. The standard InChI is InChI=1S/C10H15N3O2/c1-13-5-9(6-13)15-10-11-4-3-8(12-10)7-14-2/h3-4,9H,5-7H2,1-2H3. The first-order valence-corrected chi connectivity index (χ1v) is 4.94. The quantitative estimate of drug-likeness (QED) is 0.714. The van der Waals surface area contributed by atoms with Crippen LogP contribution in [0.15, 0.2) is 12.3 Å². The predicted molar refractivity (Wildman–Crippen MR) is 54.7 cm³/mol. The van der Waals surface area contributed by atoms with Crippen molar-refractivity contribution < 1.29 is 9.47 Å². The molecule has 0 aliphatic carbocycles. The second-order valence-corrected chi connectivity index (χ2v) is 3.72. The highest BCUT2D eigenvalue weighted by atomic mass is 16.5. The van der Waals surface area contributed by atoms with Crippen LogP contribution in [0.2, 0.25) is 0 Å². The number of nitrogens with zero attached hydrogens (tertiary/aromatic N) is 3. The maximum atomic E-state index is 5.59. The van der Waals surface area contributed by atoms with E-state index in [2.05, 4.69) is 21.9 Å². The minimum atomic E-state index is 0.229. The van der Waals surface area contributed by atoms with Crippen molar-refractivity contribution in [2.75, 3.05) is 27.2 Å². The van der Waals surface area contributed by atoms with Crippen LogP contribution < -0.4 is 4.74 Å². The summed E-state index contributed by atoms with van der Waals surface area (Å²) in [6, 6.07) is 2.27. The van der Waals surface area contributed by atoms with Gasteiger partial charge in [-0.05, 0) is 13.1 Å². The maximum absolute atomic E-state index is 5.59. The molecule has 5 nitrogen and oxygen atoms in total. The maximum Gasteiger partial charge on any atom is 0.317 e. The van der Waals surface area contributed by atoms with Crippen molar-refractivity contribution in [3.8, 4) is 6.01 Å². The van der Waals surface area contributed by atoms with Crippen molar-refractivity contribution in [2.24, 2.45) is 0 Å². The van der Waals surface area contributed by atoms with Crippen molar-refractivity contribution in [3.05, 3.63) is 18.0 Å². The number of hydrogen-bond donors (Lipinski definition) is 0. The van der Waals surface area contributed by atoms with E-state index in [1.165, 1.54) is 0 Å².